The molecule has 0 saturated heterocycles. The Morgan fingerprint density at radius 1 is 1.34 bits per heavy atom. The van der Waals surface area contributed by atoms with Crippen molar-refractivity contribution >= 4 is 29.2 Å². The largest absolute Gasteiger partial charge is 0.452 e. The molecule has 4 N–H and O–H groups in total. The monoisotopic (exact) mass is 422 g/mol. The third-order valence-electron chi connectivity index (χ3n) is 4.11. The van der Waals surface area contributed by atoms with Gasteiger partial charge in [0.15, 0.2) is 11.6 Å². The van der Waals surface area contributed by atoms with E-state index in [0.717, 1.165) is 0 Å². The van der Waals surface area contributed by atoms with Crippen LogP contribution in [0.15, 0.2) is 30.5 Å². The number of rotatable bonds is 9. The molecule has 9 heteroatoms. The predicted molar refractivity (Wildman–Crippen MR) is 109 cm³/mol. The normalized spacial score (nSPS) is 12.9. The SMILES string of the molecule is CC[C@@H](NC(C)CC(N)=O)c1ccc(Cl)c(Oc2ccnc(NC(C)=O)c2)c1F. The number of benzene rings is 1. The minimum atomic E-state index is -0.610. The summed E-state index contributed by atoms with van der Waals surface area (Å²) in [4.78, 5) is 26.3. The van der Waals surface area contributed by atoms with Gasteiger partial charge in [-0.2, -0.15) is 0 Å². The minimum absolute atomic E-state index is 0.101. The highest BCUT2D eigenvalue weighted by Crippen LogP contribution is 2.37. The first-order valence-electron chi connectivity index (χ1n) is 9.15. The maximum Gasteiger partial charge on any atom is 0.222 e. The Balaban J connectivity index is 2.30. The van der Waals surface area contributed by atoms with Gasteiger partial charge in [0.25, 0.3) is 0 Å². The topological polar surface area (TPSA) is 106 Å². The summed E-state index contributed by atoms with van der Waals surface area (Å²) in [6, 6.07) is 5.53. The molecule has 2 rings (SSSR count). The van der Waals surface area contributed by atoms with Gasteiger partial charge in [-0.05, 0) is 25.5 Å². The fraction of sp³-hybridized carbons (Fsp3) is 0.350. The van der Waals surface area contributed by atoms with E-state index in [1.165, 1.54) is 25.3 Å². The van der Waals surface area contributed by atoms with Crippen LogP contribution < -0.4 is 21.1 Å². The van der Waals surface area contributed by atoms with Crippen molar-refractivity contribution in [2.75, 3.05) is 5.32 Å². The van der Waals surface area contributed by atoms with Crippen LogP contribution in [0.3, 0.4) is 0 Å². The van der Waals surface area contributed by atoms with Gasteiger partial charge in [0.2, 0.25) is 11.8 Å². The number of nitrogens with two attached hydrogens (primary N) is 1. The number of carbonyl (C=O) groups is 2. The Morgan fingerprint density at radius 3 is 2.69 bits per heavy atom. The zero-order valence-electron chi connectivity index (χ0n) is 16.5. The second kappa shape index (κ2) is 10.2. The van der Waals surface area contributed by atoms with Crippen molar-refractivity contribution in [2.24, 2.45) is 5.73 Å². The lowest BCUT2D eigenvalue weighted by atomic mass is 10.0. The number of primary amides is 1. The van der Waals surface area contributed by atoms with E-state index in [0.29, 0.717) is 12.0 Å². The highest BCUT2D eigenvalue weighted by Gasteiger charge is 2.22. The molecule has 29 heavy (non-hydrogen) atoms. The first-order valence-corrected chi connectivity index (χ1v) is 9.52. The van der Waals surface area contributed by atoms with Crippen molar-refractivity contribution in [3.8, 4) is 11.5 Å². The Kier molecular flexibility index (Phi) is 7.92. The van der Waals surface area contributed by atoms with Gasteiger partial charge in [0.1, 0.15) is 11.6 Å². The summed E-state index contributed by atoms with van der Waals surface area (Å²) in [6.07, 6.45) is 2.14. The molecular weight excluding hydrogens is 399 g/mol. The van der Waals surface area contributed by atoms with Crippen LogP contribution in [0.25, 0.3) is 0 Å². The molecule has 1 aromatic carbocycles. The molecule has 1 aromatic heterocycles. The van der Waals surface area contributed by atoms with E-state index in [9.17, 15) is 9.59 Å². The number of hydrogen-bond acceptors (Lipinski definition) is 5. The number of nitrogens with one attached hydrogen (secondary N) is 2. The molecule has 0 radical (unpaired) electrons. The van der Waals surface area contributed by atoms with Gasteiger partial charge >= 0.3 is 0 Å². The van der Waals surface area contributed by atoms with Crippen LogP contribution in [-0.2, 0) is 9.59 Å². The van der Waals surface area contributed by atoms with Gasteiger partial charge in [-0.15, -0.1) is 0 Å². The quantitative estimate of drug-likeness (QED) is 0.567. The van der Waals surface area contributed by atoms with Crippen molar-refractivity contribution in [1.29, 1.82) is 0 Å². The molecular formula is C20H24ClFN4O3. The predicted octanol–water partition coefficient (Wildman–Crippen LogP) is 3.93. The highest BCUT2D eigenvalue weighted by molar-refractivity contribution is 6.32. The molecule has 0 aliphatic heterocycles. The Labute approximate surface area is 173 Å². The van der Waals surface area contributed by atoms with Gasteiger partial charge in [-0.1, -0.05) is 24.6 Å². The number of amides is 2. The zero-order valence-corrected chi connectivity index (χ0v) is 17.2. The number of pyridine rings is 1. The molecule has 0 aliphatic carbocycles. The molecule has 7 nitrogen and oxygen atoms in total. The number of hydrogen-bond donors (Lipinski definition) is 3. The van der Waals surface area contributed by atoms with E-state index in [1.807, 2.05) is 6.92 Å². The lowest BCUT2D eigenvalue weighted by molar-refractivity contribution is -0.118. The van der Waals surface area contributed by atoms with E-state index in [-0.39, 0.29) is 46.8 Å². The minimum Gasteiger partial charge on any atom is -0.452 e. The molecule has 0 spiro atoms. The van der Waals surface area contributed by atoms with E-state index in [4.69, 9.17) is 22.1 Å². The molecule has 1 unspecified atom stereocenters. The first-order chi connectivity index (χ1) is 13.7. The van der Waals surface area contributed by atoms with Crippen LogP contribution in [0.1, 0.15) is 45.2 Å². The molecule has 2 atom stereocenters. The van der Waals surface area contributed by atoms with Crippen molar-refractivity contribution in [3.63, 3.8) is 0 Å². The standard InChI is InChI=1S/C20H24ClFN4O3/c1-4-16(25-11(2)9-17(23)28)14-5-6-15(21)20(19(14)22)29-13-7-8-24-18(10-13)26-12(3)27/h5-8,10-11,16,25H,4,9H2,1-3H3,(H2,23,28)(H,24,26,27)/t11?,16-/m1/s1. The summed E-state index contributed by atoms with van der Waals surface area (Å²) < 4.78 is 20.9. The number of aromatic nitrogens is 1. The van der Waals surface area contributed by atoms with E-state index < -0.39 is 11.7 Å². The maximum absolute atomic E-state index is 15.3. The third kappa shape index (κ3) is 6.40. The Hall–Kier alpha value is -2.71. The molecule has 0 fully saturated rings. The summed E-state index contributed by atoms with van der Waals surface area (Å²) in [7, 11) is 0. The van der Waals surface area contributed by atoms with Crippen LogP contribution in [-0.4, -0.2) is 22.8 Å². The van der Waals surface area contributed by atoms with Crippen LogP contribution >= 0.6 is 11.6 Å². The average molecular weight is 423 g/mol. The number of nitrogens with zero attached hydrogens (tertiary/aromatic N) is 1. The van der Waals surface area contributed by atoms with E-state index in [2.05, 4.69) is 15.6 Å². The summed E-state index contributed by atoms with van der Waals surface area (Å²) in [5, 5.41) is 5.83. The summed E-state index contributed by atoms with van der Waals surface area (Å²) in [6.45, 7) is 5.05. The van der Waals surface area contributed by atoms with E-state index in [1.54, 1.807) is 19.1 Å². The zero-order chi connectivity index (χ0) is 21.6. The van der Waals surface area contributed by atoms with Crippen molar-refractivity contribution < 1.29 is 18.7 Å². The first kappa shape index (κ1) is 22.6. The van der Waals surface area contributed by atoms with Gasteiger partial charge in [-0.3, -0.25) is 9.59 Å². The van der Waals surface area contributed by atoms with Crippen LogP contribution in [0.5, 0.6) is 11.5 Å². The van der Waals surface area contributed by atoms with Gasteiger partial charge in [-0.25, -0.2) is 9.37 Å². The van der Waals surface area contributed by atoms with Crippen molar-refractivity contribution in [1.82, 2.24) is 10.3 Å². The van der Waals surface area contributed by atoms with Crippen LogP contribution in [0.2, 0.25) is 5.02 Å². The molecule has 0 bridgehead atoms. The Morgan fingerprint density at radius 2 is 2.07 bits per heavy atom. The second-order valence-electron chi connectivity index (χ2n) is 6.64. The smallest absolute Gasteiger partial charge is 0.222 e. The molecule has 0 aliphatic rings. The summed E-state index contributed by atoms with van der Waals surface area (Å²) in [5.41, 5.74) is 5.59. The molecule has 2 aromatic rings. The molecule has 156 valence electrons. The number of ether oxygens (including phenoxy) is 1. The van der Waals surface area contributed by atoms with E-state index >= 15 is 4.39 Å². The lowest BCUT2D eigenvalue weighted by Crippen LogP contribution is -2.34. The summed E-state index contributed by atoms with van der Waals surface area (Å²) in [5.74, 6) is -0.926. The number of halogens is 2. The fourth-order valence-corrected chi connectivity index (χ4v) is 3.07. The maximum atomic E-state index is 15.3. The molecule has 1 heterocycles. The third-order valence-corrected chi connectivity index (χ3v) is 4.41. The van der Waals surface area contributed by atoms with Gasteiger partial charge < -0.3 is 21.1 Å². The molecule has 0 saturated carbocycles. The number of carbonyl (C=O) groups excluding carboxylic acids is 2. The average Bonchev–Trinajstić information content (AvgIpc) is 2.63. The fourth-order valence-electron chi connectivity index (χ4n) is 2.88. The lowest BCUT2D eigenvalue weighted by Gasteiger charge is -2.23. The summed E-state index contributed by atoms with van der Waals surface area (Å²) >= 11 is 6.17. The second-order valence-corrected chi connectivity index (χ2v) is 7.05. The Bertz CT molecular complexity index is 894. The number of anilines is 1. The van der Waals surface area contributed by atoms with Crippen LogP contribution in [0, 0.1) is 5.82 Å². The molecule has 2 amide bonds. The van der Waals surface area contributed by atoms with Crippen molar-refractivity contribution in [3.05, 3.63) is 46.9 Å². The van der Waals surface area contributed by atoms with Crippen molar-refractivity contribution in [2.45, 2.75) is 45.7 Å². The highest BCUT2D eigenvalue weighted by atomic mass is 35.5. The van der Waals surface area contributed by atoms with Gasteiger partial charge in [0.05, 0.1) is 5.02 Å². The van der Waals surface area contributed by atoms with Gasteiger partial charge in [0, 0.05) is 43.3 Å². The van der Waals surface area contributed by atoms with Crippen LogP contribution in [0.4, 0.5) is 10.2 Å².